The van der Waals surface area contributed by atoms with Crippen LogP contribution in [0.2, 0.25) is 5.02 Å². The maximum Gasteiger partial charge on any atom is 0.326 e. The van der Waals surface area contributed by atoms with Gasteiger partial charge in [-0.25, -0.2) is 4.79 Å². The molecule has 0 saturated heterocycles. The van der Waals surface area contributed by atoms with Gasteiger partial charge in [0, 0.05) is 18.6 Å². The van der Waals surface area contributed by atoms with Crippen LogP contribution in [0.3, 0.4) is 0 Å². The van der Waals surface area contributed by atoms with Gasteiger partial charge < -0.3 is 21.3 Å². The number of carbonyl (C=O) groups is 2. The highest BCUT2D eigenvalue weighted by molar-refractivity contribution is 6.33. The molecule has 0 unspecified atom stereocenters. The molecule has 0 aliphatic carbocycles. The number of carbonyl (C=O) groups excluding carboxylic acids is 1. The zero-order chi connectivity index (χ0) is 13.7. The molecule has 18 heavy (non-hydrogen) atoms. The van der Waals surface area contributed by atoms with Crippen LogP contribution < -0.4 is 11.1 Å². The van der Waals surface area contributed by atoms with Crippen LogP contribution in [0.5, 0.6) is 0 Å². The van der Waals surface area contributed by atoms with E-state index in [1.807, 2.05) is 0 Å². The van der Waals surface area contributed by atoms with Gasteiger partial charge in [-0.3, -0.25) is 4.79 Å². The predicted octanol–water partition coefficient (Wildman–Crippen LogP) is 0.488. The average molecular weight is 273 g/mol. The normalized spacial score (nSPS) is 11.9. The Kier molecular flexibility index (Phi) is 4.94. The molecule has 98 valence electrons. The standard InChI is InChI=1S/C11H13ClN2O4/c12-7-2-1-6(5-8(7)13)10(16)14-9(3-4-15)11(17)18/h1-2,5,9,15H,3-4,13H2,(H,14,16)(H,17,18)/t9-/m1/s1. The van der Waals surface area contributed by atoms with Crippen molar-refractivity contribution in [2.24, 2.45) is 0 Å². The Bertz CT molecular complexity index is 464. The molecule has 0 radical (unpaired) electrons. The van der Waals surface area contributed by atoms with Gasteiger partial charge in [0.25, 0.3) is 5.91 Å². The van der Waals surface area contributed by atoms with Crippen LogP contribution in [0.1, 0.15) is 16.8 Å². The van der Waals surface area contributed by atoms with Crippen LogP contribution in [-0.2, 0) is 4.79 Å². The monoisotopic (exact) mass is 272 g/mol. The van der Waals surface area contributed by atoms with Crippen LogP contribution in [0.4, 0.5) is 5.69 Å². The highest BCUT2D eigenvalue weighted by Gasteiger charge is 2.20. The molecule has 0 aliphatic heterocycles. The number of halogens is 1. The third kappa shape index (κ3) is 3.61. The Balaban J connectivity index is 2.80. The molecule has 5 N–H and O–H groups in total. The molecule has 1 atom stereocenters. The first-order chi connectivity index (χ1) is 8.45. The van der Waals surface area contributed by atoms with Crippen molar-refractivity contribution in [3.8, 4) is 0 Å². The quantitative estimate of drug-likeness (QED) is 0.583. The second-order valence-electron chi connectivity index (χ2n) is 3.61. The molecule has 1 aromatic carbocycles. The number of anilines is 1. The lowest BCUT2D eigenvalue weighted by molar-refractivity contribution is -0.139. The first kappa shape index (κ1) is 14.3. The van der Waals surface area contributed by atoms with Crippen molar-refractivity contribution < 1.29 is 19.8 Å². The minimum absolute atomic E-state index is 0.0653. The van der Waals surface area contributed by atoms with Crippen LogP contribution >= 0.6 is 11.6 Å². The SMILES string of the molecule is Nc1cc(C(=O)N[C@H](CCO)C(=O)O)ccc1Cl. The molecule has 1 amide bonds. The lowest BCUT2D eigenvalue weighted by Crippen LogP contribution is -2.41. The van der Waals surface area contributed by atoms with Gasteiger partial charge in [0.1, 0.15) is 6.04 Å². The van der Waals surface area contributed by atoms with Gasteiger partial charge in [-0.2, -0.15) is 0 Å². The Labute approximate surface area is 108 Å². The third-order valence-corrected chi connectivity index (χ3v) is 2.62. The maximum atomic E-state index is 11.7. The summed E-state index contributed by atoms with van der Waals surface area (Å²) in [4.78, 5) is 22.5. The molecule has 6 nitrogen and oxygen atoms in total. The molecule has 1 aromatic rings. The fourth-order valence-corrected chi connectivity index (χ4v) is 1.43. The van der Waals surface area contributed by atoms with E-state index in [-0.39, 0.29) is 24.3 Å². The fourth-order valence-electron chi connectivity index (χ4n) is 1.31. The molecular formula is C11H13ClN2O4. The minimum Gasteiger partial charge on any atom is -0.480 e. The molecule has 0 saturated carbocycles. The van der Waals surface area contributed by atoms with Crippen molar-refractivity contribution >= 4 is 29.2 Å². The van der Waals surface area contributed by atoms with E-state index in [1.54, 1.807) is 0 Å². The first-order valence-corrected chi connectivity index (χ1v) is 5.53. The number of aliphatic hydroxyl groups is 1. The zero-order valence-electron chi connectivity index (χ0n) is 9.39. The van der Waals surface area contributed by atoms with Crippen molar-refractivity contribution in [1.29, 1.82) is 0 Å². The van der Waals surface area contributed by atoms with E-state index in [2.05, 4.69) is 5.32 Å². The van der Waals surface area contributed by atoms with Crippen LogP contribution in [0, 0.1) is 0 Å². The average Bonchev–Trinajstić information content (AvgIpc) is 2.31. The van der Waals surface area contributed by atoms with Gasteiger partial charge in [0.2, 0.25) is 0 Å². The van der Waals surface area contributed by atoms with Crippen LogP contribution in [0.15, 0.2) is 18.2 Å². The van der Waals surface area contributed by atoms with E-state index in [4.69, 9.17) is 27.5 Å². The summed E-state index contributed by atoms with van der Waals surface area (Å²) >= 11 is 5.71. The van der Waals surface area contributed by atoms with E-state index >= 15 is 0 Å². The molecule has 0 heterocycles. The topological polar surface area (TPSA) is 113 Å². The fraction of sp³-hybridized carbons (Fsp3) is 0.273. The summed E-state index contributed by atoms with van der Waals surface area (Å²) in [7, 11) is 0. The molecule has 7 heteroatoms. The number of aliphatic carboxylic acids is 1. The lowest BCUT2D eigenvalue weighted by atomic mass is 10.1. The Morgan fingerprint density at radius 3 is 2.61 bits per heavy atom. The van der Waals surface area contributed by atoms with E-state index in [1.165, 1.54) is 18.2 Å². The van der Waals surface area contributed by atoms with Gasteiger partial charge >= 0.3 is 5.97 Å². The van der Waals surface area contributed by atoms with Crippen molar-refractivity contribution in [2.45, 2.75) is 12.5 Å². The highest BCUT2D eigenvalue weighted by atomic mass is 35.5. The maximum absolute atomic E-state index is 11.7. The minimum atomic E-state index is -1.21. The second kappa shape index (κ2) is 6.23. The summed E-state index contributed by atoms with van der Waals surface area (Å²) in [5, 5.41) is 20.1. The number of rotatable bonds is 5. The van der Waals surface area contributed by atoms with Gasteiger partial charge in [-0.15, -0.1) is 0 Å². The molecular weight excluding hydrogens is 260 g/mol. The number of hydrogen-bond acceptors (Lipinski definition) is 4. The van der Waals surface area contributed by atoms with Gasteiger partial charge in [0.05, 0.1) is 10.7 Å². The lowest BCUT2D eigenvalue weighted by Gasteiger charge is -2.13. The first-order valence-electron chi connectivity index (χ1n) is 5.15. The zero-order valence-corrected chi connectivity index (χ0v) is 10.1. The van der Waals surface area contributed by atoms with E-state index < -0.39 is 17.9 Å². The molecule has 0 spiro atoms. The summed E-state index contributed by atoms with van der Waals surface area (Å²) in [5.74, 6) is -1.79. The summed E-state index contributed by atoms with van der Waals surface area (Å²) in [6.45, 7) is -0.333. The van der Waals surface area contributed by atoms with Crippen molar-refractivity contribution in [2.75, 3.05) is 12.3 Å². The smallest absolute Gasteiger partial charge is 0.326 e. The Morgan fingerprint density at radius 2 is 2.11 bits per heavy atom. The summed E-state index contributed by atoms with van der Waals surface area (Å²) < 4.78 is 0. The van der Waals surface area contributed by atoms with Crippen LogP contribution in [0.25, 0.3) is 0 Å². The molecule has 0 aliphatic rings. The van der Waals surface area contributed by atoms with Gasteiger partial charge in [-0.1, -0.05) is 11.6 Å². The number of aliphatic hydroxyl groups excluding tert-OH is 1. The Hall–Kier alpha value is -1.79. The summed E-state index contributed by atoms with van der Waals surface area (Å²) in [6.07, 6.45) is -0.0653. The summed E-state index contributed by atoms with van der Waals surface area (Å²) in [6, 6.07) is 3.11. The third-order valence-electron chi connectivity index (χ3n) is 2.28. The molecule has 0 fully saturated rings. The van der Waals surface area contributed by atoms with Crippen molar-refractivity contribution in [3.05, 3.63) is 28.8 Å². The predicted molar refractivity (Wildman–Crippen MR) is 66.5 cm³/mol. The number of hydrogen-bond donors (Lipinski definition) is 4. The van der Waals surface area contributed by atoms with Gasteiger partial charge in [0.15, 0.2) is 0 Å². The number of nitrogens with two attached hydrogens (primary N) is 1. The number of carboxylic acid groups (broad SMARTS) is 1. The van der Waals surface area contributed by atoms with Crippen molar-refractivity contribution in [1.82, 2.24) is 5.32 Å². The van der Waals surface area contributed by atoms with Gasteiger partial charge in [-0.05, 0) is 18.2 Å². The Morgan fingerprint density at radius 1 is 1.44 bits per heavy atom. The number of amides is 1. The molecule has 0 aromatic heterocycles. The number of nitrogens with one attached hydrogen (secondary N) is 1. The number of benzene rings is 1. The van der Waals surface area contributed by atoms with Crippen molar-refractivity contribution in [3.63, 3.8) is 0 Å². The van der Waals surface area contributed by atoms with E-state index in [0.29, 0.717) is 5.02 Å². The molecule has 0 bridgehead atoms. The number of carboxylic acids is 1. The highest BCUT2D eigenvalue weighted by Crippen LogP contribution is 2.19. The molecule has 1 rings (SSSR count). The largest absolute Gasteiger partial charge is 0.480 e. The summed E-state index contributed by atoms with van der Waals surface area (Å²) in [5.41, 5.74) is 5.98. The number of nitrogen functional groups attached to an aromatic ring is 1. The van der Waals surface area contributed by atoms with Crippen LogP contribution in [-0.4, -0.2) is 34.7 Å². The van der Waals surface area contributed by atoms with E-state index in [9.17, 15) is 9.59 Å². The van der Waals surface area contributed by atoms with E-state index in [0.717, 1.165) is 0 Å². The second-order valence-corrected chi connectivity index (χ2v) is 4.02.